The third-order valence-corrected chi connectivity index (χ3v) is 5.75. The molecule has 0 fully saturated rings. The summed E-state index contributed by atoms with van der Waals surface area (Å²) in [7, 11) is 3.61. The first-order chi connectivity index (χ1) is 13.7. The summed E-state index contributed by atoms with van der Waals surface area (Å²) in [4.78, 5) is 27.2. The molecular formula is C20H18BrN3O4S. The number of furan rings is 1. The zero-order valence-electron chi connectivity index (χ0n) is 16.3. The highest BCUT2D eigenvalue weighted by Gasteiger charge is 2.23. The van der Waals surface area contributed by atoms with Crippen LogP contribution in [0.25, 0.3) is 6.08 Å². The molecule has 0 saturated carbocycles. The topological polar surface area (TPSA) is 107 Å². The number of ketones is 1. The van der Waals surface area contributed by atoms with Crippen LogP contribution in [0.3, 0.4) is 0 Å². The molecule has 0 saturated heterocycles. The number of anilines is 1. The molecule has 0 atom stereocenters. The number of nitrogens with zero attached hydrogens (tertiary/aromatic N) is 3. The van der Waals surface area contributed by atoms with E-state index < -0.39 is 11.8 Å². The van der Waals surface area contributed by atoms with E-state index in [0.29, 0.717) is 31.4 Å². The maximum Gasteiger partial charge on any atom is 0.348 e. The lowest BCUT2D eigenvalue weighted by atomic mass is 10.0. The van der Waals surface area contributed by atoms with Crippen LogP contribution in [0.5, 0.6) is 0 Å². The Kier molecular flexibility index (Phi) is 7.38. The van der Waals surface area contributed by atoms with E-state index in [0.717, 1.165) is 11.3 Å². The van der Waals surface area contributed by atoms with Crippen LogP contribution >= 0.6 is 27.3 Å². The summed E-state index contributed by atoms with van der Waals surface area (Å²) in [6, 6.07) is 5.58. The van der Waals surface area contributed by atoms with E-state index in [9.17, 15) is 20.1 Å². The summed E-state index contributed by atoms with van der Waals surface area (Å²) in [5, 5.41) is 18.9. The third kappa shape index (κ3) is 4.94. The van der Waals surface area contributed by atoms with Crippen molar-refractivity contribution in [3.05, 3.63) is 42.8 Å². The van der Waals surface area contributed by atoms with E-state index in [1.165, 1.54) is 6.08 Å². The van der Waals surface area contributed by atoms with Gasteiger partial charge in [-0.2, -0.15) is 10.5 Å². The first-order valence-electron chi connectivity index (χ1n) is 8.54. The molecule has 29 heavy (non-hydrogen) atoms. The van der Waals surface area contributed by atoms with Gasteiger partial charge in [0.2, 0.25) is 5.88 Å². The van der Waals surface area contributed by atoms with Gasteiger partial charge in [0.15, 0.2) is 5.78 Å². The van der Waals surface area contributed by atoms with E-state index in [1.807, 2.05) is 12.1 Å². The number of rotatable bonds is 7. The fraction of sp³-hybridized carbons (Fsp3) is 0.300. The molecule has 0 amide bonds. The Bertz CT molecular complexity index is 1070. The van der Waals surface area contributed by atoms with E-state index in [2.05, 4.69) is 15.9 Å². The van der Waals surface area contributed by atoms with Crippen molar-refractivity contribution in [3.63, 3.8) is 0 Å². The van der Waals surface area contributed by atoms with Crippen LogP contribution in [0, 0.1) is 29.6 Å². The van der Waals surface area contributed by atoms with E-state index >= 15 is 0 Å². The van der Waals surface area contributed by atoms with Crippen molar-refractivity contribution in [3.8, 4) is 12.1 Å². The number of carbonyl (C=O) groups excluding carboxylic acids is 2. The van der Waals surface area contributed by atoms with Crippen molar-refractivity contribution in [1.82, 2.24) is 0 Å². The highest BCUT2D eigenvalue weighted by Crippen LogP contribution is 2.31. The number of carbonyl (C=O) groups is 2. The normalized spacial score (nSPS) is 10.9. The minimum atomic E-state index is -0.530. The molecule has 2 rings (SSSR count). The molecule has 0 radical (unpaired) electrons. The van der Waals surface area contributed by atoms with Crippen LogP contribution in [0.4, 0.5) is 5.88 Å². The second kappa shape index (κ2) is 9.55. The Labute approximate surface area is 180 Å². The van der Waals surface area contributed by atoms with Gasteiger partial charge in [-0.15, -0.1) is 11.3 Å². The van der Waals surface area contributed by atoms with Crippen molar-refractivity contribution in [1.29, 1.82) is 10.5 Å². The number of ether oxygens (including phenoxy) is 1. The van der Waals surface area contributed by atoms with Gasteiger partial charge in [0.25, 0.3) is 0 Å². The van der Waals surface area contributed by atoms with Gasteiger partial charge in [-0.3, -0.25) is 4.79 Å². The minimum absolute atomic E-state index is 0.107. The predicted molar refractivity (Wildman–Crippen MR) is 113 cm³/mol. The van der Waals surface area contributed by atoms with Gasteiger partial charge in [0.1, 0.15) is 22.8 Å². The highest BCUT2D eigenvalue weighted by molar-refractivity contribution is 9.10. The quantitative estimate of drug-likeness (QED) is 0.334. The van der Waals surface area contributed by atoms with Crippen LogP contribution in [-0.4, -0.2) is 32.5 Å². The lowest BCUT2D eigenvalue weighted by molar-refractivity contribution is -0.114. The molecule has 0 N–H and O–H groups in total. The number of hydrogen-bond donors (Lipinski definition) is 0. The monoisotopic (exact) mass is 475 g/mol. The number of nitriles is 2. The van der Waals surface area contributed by atoms with Crippen LogP contribution in [0.15, 0.2) is 20.5 Å². The van der Waals surface area contributed by atoms with E-state index in [1.54, 1.807) is 38.9 Å². The molecule has 0 aliphatic heterocycles. The fourth-order valence-corrected chi connectivity index (χ4v) is 4.36. The lowest BCUT2D eigenvalue weighted by Gasteiger charge is -2.07. The number of thiophene rings is 1. The number of Topliss-reactive ketones (excluding diaryl/α,β-unsaturated/α-hetero) is 1. The van der Waals surface area contributed by atoms with Gasteiger partial charge in [0, 0.05) is 37.5 Å². The van der Waals surface area contributed by atoms with Gasteiger partial charge in [-0.05, 0) is 35.3 Å². The van der Waals surface area contributed by atoms with Gasteiger partial charge in [0.05, 0.1) is 22.2 Å². The summed E-state index contributed by atoms with van der Waals surface area (Å²) in [5.41, 5.74) is 0.635. The highest BCUT2D eigenvalue weighted by atomic mass is 79.9. The zero-order chi connectivity index (χ0) is 21.7. The molecule has 0 unspecified atom stereocenters. The van der Waals surface area contributed by atoms with Crippen LogP contribution < -0.4 is 4.90 Å². The van der Waals surface area contributed by atoms with E-state index in [4.69, 9.17) is 9.15 Å². The van der Waals surface area contributed by atoms with Crippen molar-refractivity contribution in [2.75, 3.05) is 25.6 Å². The van der Waals surface area contributed by atoms with Gasteiger partial charge < -0.3 is 14.1 Å². The van der Waals surface area contributed by atoms with Gasteiger partial charge in [-0.25, -0.2) is 4.79 Å². The Morgan fingerprint density at radius 1 is 1.38 bits per heavy atom. The summed E-state index contributed by atoms with van der Waals surface area (Å²) in [5.74, 6) is -0.0984. The number of esters is 1. The molecule has 0 aliphatic carbocycles. The average molecular weight is 476 g/mol. The van der Waals surface area contributed by atoms with Crippen LogP contribution in [0.1, 0.15) is 38.4 Å². The zero-order valence-corrected chi connectivity index (χ0v) is 18.7. The minimum Gasteiger partial charge on any atom is -0.462 e. The lowest BCUT2D eigenvalue weighted by Crippen LogP contribution is -2.07. The fourth-order valence-electron chi connectivity index (χ4n) is 2.55. The van der Waals surface area contributed by atoms with Crippen LogP contribution in [-0.2, 0) is 16.0 Å². The van der Waals surface area contributed by atoms with E-state index in [-0.39, 0.29) is 24.2 Å². The number of hydrogen-bond acceptors (Lipinski definition) is 8. The van der Waals surface area contributed by atoms with Gasteiger partial charge >= 0.3 is 5.97 Å². The standard InChI is InChI=1S/C20H18BrN3O4S/c1-5-27-20(26)18-11(2)14(10-23)17(29-18)8-16(25)12(9-22)6-13-7-15(21)19(28-13)24(3)4/h6-7H,5,8H2,1-4H3/b12-6+. The molecule has 0 bridgehead atoms. The molecule has 9 heteroatoms. The van der Waals surface area contributed by atoms with Crippen LogP contribution in [0.2, 0.25) is 0 Å². The maximum atomic E-state index is 12.7. The average Bonchev–Trinajstić information content (AvgIpc) is 3.19. The maximum absolute atomic E-state index is 12.7. The van der Waals surface area contributed by atoms with Crippen molar-refractivity contribution >= 4 is 51.0 Å². The predicted octanol–water partition coefficient (Wildman–Crippen LogP) is 4.25. The Hall–Kier alpha value is -2.88. The van der Waals surface area contributed by atoms with Gasteiger partial charge in [-0.1, -0.05) is 0 Å². The van der Waals surface area contributed by atoms with Crippen molar-refractivity contribution < 1.29 is 18.7 Å². The molecule has 150 valence electrons. The number of halogens is 1. The summed E-state index contributed by atoms with van der Waals surface area (Å²) < 4.78 is 11.3. The molecule has 2 aromatic heterocycles. The second-order valence-electron chi connectivity index (χ2n) is 6.15. The third-order valence-electron chi connectivity index (χ3n) is 3.91. The molecule has 0 spiro atoms. The molecule has 0 aromatic carbocycles. The first-order valence-corrected chi connectivity index (χ1v) is 10.2. The molecular weight excluding hydrogens is 458 g/mol. The summed E-state index contributed by atoms with van der Waals surface area (Å²) in [6.07, 6.45) is 1.19. The molecule has 7 nitrogen and oxygen atoms in total. The number of allylic oxidation sites excluding steroid dienone is 1. The second-order valence-corrected chi connectivity index (χ2v) is 8.11. The summed E-state index contributed by atoms with van der Waals surface area (Å²) in [6.45, 7) is 3.54. The Balaban J connectivity index is 2.34. The molecule has 2 aromatic rings. The van der Waals surface area contributed by atoms with Crippen molar-refractivity contribution in [2.45, 2.75) is 20.3 Å². The Morgan fingerprint density at radius 2 is 2.07 bits per heavy atom. The SMILES string of the molecule is CCOC(=O)c1sc(CC(=O)/C(C#N)=C/c2cc(Br)c(N(C)C)o2)c(C#N)c1C. The smallest absolute Gasteiger partial charge is 0.348 e. The first kappa shape index (κ1) is 22.4. The van der Waals surface area contributed by atoms with Crippen molar-refractivity contribution in [2.24, 2.45) is 0 Å². The summed E-state index contributed by atoms with van der Waals surface area (Å²) >= 11 is 4.41. The largest absolute Gasteiger partial charge is 0.462 e. The molecule has 0 aliphatic rings. The molecule has 2 heterocycles. The Morgan fingerprint density at radius 3 is 2.59 bits per heavy atom.